The van der Waals surface area contributed by atoms with Crippen LogP contribution in [0, 0.1) is 11.8 Å². The summed E-state index contributed by atoms with van der Waals surface area (Å²) in [6.45, 7) is 3.49. The van der Waals surface area contributed by atoms with Gasteiger partial charge in [0.15, 0.2) is 0 Å². The van der Waals surface area contributed by atoms with Crippen LogP contribution < -0.4 is 10.9 Å². The Bertz CT molecular complexity index is 1030. The zero-order valence-electron chi connectivity index (χ0n) is 14.1. The maximum atomic E-state index is 12.7. The van der Waals surface area contributed by atoms with Gasteiger partial charge in [-0.05, 0) is 24.0 Å². The van der Waals surface area contributed by atoms with Crippen molar-refractivity contribution in [3.8, 4) is 0 Å². The van der Waals surface area contributed by atoms with E-state index < -0.39 is 0 Å². The SMILES string of the molecule is Cl.O=C(Cn1cnc2c(oc3ccccc32)c1=O)N1C[C@H]2CNC[C@H]2C1. The van der Waals surface area contributed by atoms with Crippen LogP contribution >= 0.6 is 12.4 Å². The van der Waals surface area contributed by atoms with Crippen molar-refractivity contribution in [1.29, 1.82) is 0 Å². The summed E-state index contributed by atoms with van der Waals surface area (Å²) in [5.74, 6) is 1.04. The summed E-state index contributed by atoms with van der Waals surface area (Å²) in [6.07, 6.45) is 1.45. The Labute approximate surface area is 155 Å². The molecule has 2 fully saturated rings. The molecule has 136 valence electrons. The zero-order chi connectivity index (χ0) is 17.0. The molecule has 0 saturated carbocycles. The molecule has 2 aliphatic heterocycles. The Morgan fingerprint density at radius 3 is 2.73 bits per heavy atom. The van der Waals surface area contributed by atoms with Crippen LogP contribution in [0.15, 0.2) is 39.8 Å². The molecule has 8 heteroatoms. The molecule has 7 nitrogen and oxygen atoms in total. The van der Waals surface area contributed by atoms with Gasteiger partial charge in [-0.2, -0.15) is 0 Å². The van der Waals surface area contributed by atoms with E-state index in [0.29, 0.717) is 22.9 Å². The van der Waals surface area contributed by atoms with Crippen LogP contribution in [0.25, 0.3) is 22.1 Å². The molecule has 0 spiro atoms. The number of rotatable bonds is 2. The number of carbonyl (C=O) groups excluding carboxylic acids is 1. The molecule has 0 unspecified atom stereocenters. The molecule has 2 aliphatic rings. The Morgan fingerprint density at radius 2 is 1.96 bits per heavy atom. The maximum Gasteiger partial charge on any atom is 0.297 e. The molecule has 2 atom stereocenters. The van der Waals surface area contributed by atoms with Crippen LogP contribution in [0.1, 0.15) is 0 Å². The van der Waals surface area contributed by atoms with Gasteiger partial charge in [-0.25, -0.2) is 4.98 Å². The van der Waals surface area contributed by atoms with Crippen LogP contribution in [0.2, 0.25) is 0 Å². The first-order valence-corrected chi connectivity index (χ1v) is 8.56. The molecule has 1 amide bonds. The second-order valence-corrected chi connectivity index (χ2v) is 6.93. The van der Waals surface area contributed by atoms with Gasteiger partial charge in [0.1, 0.15) is 17.6 Å². The lowest BCUT2D eigenvalue weighted by molar-refractivity contribution is -0.131. The van der Waals surface area contributed by atoms with Crippen LogP contribution in [-0.4, -0.2) is 46.5 Å². The number of para-hydroxylation sites is 1. The molecule has 3 aromatic rings. The highest BCUT2D eigenvalue weighted by Crippen LogP contribution is 2.27. The Morgan fingerprint density at radius 1 is 1.23 bits per heavy atom. The van der Waals surface area contributed by atoms with Crippen molar-refractivity contribution in [2.75, 3.05) is 26.2 Å². The molecule has 5 rings (SSSR count). The summed E-state index contributed by atoms with van der Waals surface area (Å²) in [7, 11) is 0. The quantitative estimate of drug-likeness (QED) is 0.730. The minimum atomic E-state index is -0.310. The molecule has 0 bridgehead atoms. The van der Waals surface area contributed by atoms with Crippen molar-refractivity contribution < 1.29 is 9.21 Å². The topological polar surface area (TPSA) is 80.4 Å². The molecule has 2 aromatic heterocycles. The summed E-state index contributed by atoms with van der Waals surface area (Å²) >= 11 is 0. The third-order valence-electron chi connectivity index (χ3n) is 5.40. The summed E-state index contributed by atoms with van der Waals surface area (Å²) < 4.78 is 7.01. The maximum absolute atomic E-state index is 12.7. The van der Waals surface area contributed by atoms with Crippen molar-refractivity contribution in [3.63, 3.8) is 0 Å². The van der Waals surface area contributed by atoms with Crippen LogP contribution in [-0.2, 0) is 11.3 Å². The fourth-order valence-electron chi connectivity index (χ4n) is 4.03. The van der Waals surface area contributed by atoms with E-state index in [4.69, 9.17) is 4.42 Å². The van der Waals surface area contributed by atoms with E-state index in [9.17, 15) is 9.59 Å². The molecule has 1 aromatic carbocycles. The van der Waals surface area contributed by atoms with Crippen LogP contribution in [0.5, 0.6) is 0 Å². The summed E-state index contributed by atoms with van der Waals surface area (Å²) in [5.41, 5.74) is 1.08. The Kier molecular flexibility index (Phi) is 4.20. The van der Waals surface area contributed by atoms with E-state index in [1.54, 1.807) is 0 Å². The molecule has 1 N–H and O–H groups in total. The van der Waals surface area contributed by atoms with E-state index in [0.717, 1.165) is 31.6 Å². The van der Waals surface area contributed by atoms with Gasteiger partial charge in [-0.1, -0.05) is 12.1 Å². The lowest BCUT2D eigenvalue weighted by Crippen LogP contribution is -2.36. The van der Waals surface area contributed by atoms with Gasteiger partial charge >= 0.3 is 0 Å². The minimum absolute atomic E-state index is 0. The third kappa shape index (κ3) is 2.59. The summed E-state index contributed by atoms with van der Waals surface area (Å²) in [5, 5.41) is 4.17. The average Bonchev–Trinajstić information content (AvgIpc) is 3.29. The van der Waals surface area contributed by atoms with Gasteiger partial charge in [0.05, 0.1) is 6.33 Å². The lowest BCUT2D eigenvalue weighted by atomic mass is 10.0. The number of aromatic nitrogens is 2. The number of hydrogen-bond donors (Lipinski definition) is 1. The van der Waals surface area contributed by atoms with Crippen molar-refractivity contribution in [1.82, 2.24) is 19.8 Å². The number of nitrogens with one attached hydrogen (secondary N) is 1. The molecule has 4 heterocycles. The first kappa shape index (κ1) is 17.1. The van der Waals surface area contributed by atoms with Crippen LogP contribution in [0.4, 0.5) is 0 Å². The number of carbonyl (C=O) groups is 1. The van der Waals surface area contributed by atoms with Gasteiger partial charge in [-0.15, -0.1) is 12.4 Å². The second-order valence-electron chi connectivity index (χ2n) is 6.93. The van der Waals surface area contributed by atoms with Crippen LogP contribution in [0.3, 0.4) is 0 Å². The van der Waals surface area contributed by atoms with E-state index >= 15 is 0 Å². The van der Waals surface area contributed by atoms with Crippen molar-refractivity contribution in [3.05, 3.63) is 40.9 Å². The van der Waals surface area contributed by atoms with Gasteiger partial charge in [0, 0.05) is 31.6 Å². The number of nitrogens with zero attached hydrogens (tertiary/aromatic N) is 3. The van der Waals surface area contributed by atoms with Gasteiger partial charge in [-0.3, -0.25) is 14.2 Å². The third-order valence-corrected chi connectivity index (χ3v) is 5.40. The number of amides is 1. The van der Waals surface area contributed by atoms with E-state index in [2.05, 4.69) is 10.3 Å². The number of hydrogen-bond acceptors (Lipinski definition) is 5. The Hall–Kier alpha value is -2.38. The average molecular weight is 375 g/mol. The summed E-state index contributed by atoms with van der Waals surface area (Å²) in [4.78, 5) is 31.5. The number of fused-ring (bicyclic) bond motifs is 4. The van der Waals surface area contributed by atoms with Crippen molar-refractivity contribution in [2.45, 2.75) is 6.54 Å². The predicted molar refractivity (Wildman–Crippen MR) is 99.5 cm³/mol. The van der Waals surface area contributed by atoms with E-state index in [1.807, 2.05) is 29.2 Å². The number of likely N-dealkylation sites (tertiary alicyclic amines) is 1. The fraction of sp³-hybridized carbons (Fsp3) is 0.389. The number of benzene rings is 1. The molecular weight excluding hydrogens is 356 g/mol. The number of halogens is 1. The molecule has 0 radical (unpaired) electrons. The molecule has 26 heavy (non-hydrogen) atoms. The zero-order valence-corrected chi connectivity index (χ0v) is 14.9. The highest BCUT2D eigenvalue weighted by Gasteiger charge is 2.38. The van der Waals surface area contributed by atoms with E-state index in [1.165, 1.54) is 10.9 Å². The molecule has 0 aliphatic carbocycles. The monoisotopic (exact) mass is 374 g/mol. The predicted octanol–water partition coefficient (Wildman–Crippen LogP) is 1.24. The first-order chi connectivity index (χ1) is 12.2. The second kappa shape index (κ2) is 6.41. The van der Waals surface area contributed by atoms with Gasteiger partial charge < -0.3 is 14.6 Å². The van der Waals surface area contributed by atoms with Crippen molar-refractivity contribution >= 4 is 40.4 Å². The fourth-order valence-corrected chi connectivity index (χ4v) is 4.03. The number of furan rings is 1. The standard InChI is InChI=1S/C18H18N4O3.ClH/c23-15(21-7-11-5-19-6-12(11)8-21)9-22-10-20-16-13-3-1-2-4-14(13)25-17(16)18(22)24;/h1-4,10-12,19H,5-9H2;1H/t11-,12+;. The van der Waals surface area contributed by atoms with Gasteiger partial charge in [0.2, 0.25) is 11.5 Å². The highest BCUT2D eigenvalue weighted by molar-refractivity contribution is 6.01. The van der Waals surface area contributed by atoms with Crippen molar-refractivity contribution in [2.24, 2.45) is 11.8 Å². The normalized spacial score (nSPS) is 21.9. The smallest absolute Gasteiger partial charge is 0.297 e. The molecular formula is C18H19ClN4O3. The lowest BCUT2D eigenvalue weighted by Gasteiger charge is -2.17. The first-order valence-electron chi connectivity index (χ1n) is 8.56. The minimum Gasteiger partial charge on any atom is -0.448 e. The molecule has 2 saturated heterocycles. The van der Waals surface area contributed by atoms with E-state index in [-0.39, 0.29) is 36.0 Å². The largest absolute Gasteiger partial charge is 0.448 e. The Balaban J connectivity index is 0.00000168. The summed E-state index contributed by atoms with van der Waals surface area (Å²) in [6, 6.07) is 7.42. The highest BCUT2D eigenvalue weighted by atomic mass is 35.5. The van der Waals surface area contributed by atoms with Gasteiger partial charge in [0.25, 0.3) is 5.56 Å².